The van der Waals surface area contributed by atoms with Crippen molar-refractivity contribution in [3.05, 3.63) is 115 Å². The molecule has 2 aromatic heterocycles. The number of aromatic amines is 1. The van der Waals surface area contributed by atoms with E-state index in [1.165, 1.54) is 66.0 Å². The normalized spacial score (nSPS) is 11.8. The standard InChI is InChI=1S/C31H22N2/c1-20-8-2-6-12-29(20)33-30-13-7-4-10-24(30)26-19-22(15-17-31(26)33)21-14-16-28-25(18-21)23-9-3-5-11-27(23)32-28/h2-19,32H,1H3. The van der Waals surface area contributed by atoms with Gasteiger partial charge in [0.15, 0.2) is 0 Å². The van der Waals surface area contributed by atoms with Gasteiger partial charge < -0.3 is 9.55 Å². The van der Waals surface area contributed by atoms with Gasteiger partial charge in [-0.3, -0.25) is 0 Å². The molecule has 0 aliphatic heterocycles. The molecule has 0 atom stereocenters. The van der Waals surface area contributed by atoms with Crippen molar-refractivity contribution < 1.29 is 0 Å². The zero-order valence-electron chi connectivity index (χ0n) is 18.3. The summed E-state index contributed by atoms with van der Waals surface area (Å²) in [6.07, 6.45) is 0. The lowest BCUT2D eigenvalue weighted by Crippen LogP contribution is -1.96. The number of H-pyrrole nitrogens is 1. The van der Waals surface area contributed by atoms with Crippen molar-refractivity contribution in [1.29, 1.82) is 0 Å². The summed E-state index contributed by atoms with van der Waals surface area (Å²) in [5.74, 6) is 0. The lowest BCUT2D eigenvalue weighted by atomic mass is 10.0. The highest BCUT2D eigenvalue weighted by molar-refractivity contribution is 6.11. The number of fused-ring (bicyclic) bond motifs is 6. The van der Waals surface area contributed by atoms with Crippen molar-refractivity contribution >= 4 is 43.6 Å². The van der Waals surface area contributed by atoms with Crippen molar-refractivity contribution in [2.45, 2.75) is 6.92 Å². The van der Waals surface area contributed by atoms with Crippen LogP contribution in [0, 0.1) is 6.92 Å². The zero-order chi connectivity index (χ0) is 21.9. The molecule has 0 saturated heterocycles. The molecule has 5 aromatic carbocycles. The van der Waals surface area contributed by atoms with Crippen LogP contribution in [-0.2, 0) is 0 Å². The summed E-state index contributed by atoms with van der Waals surface area (Å²) in [6, 6.07) is 39.5. The Bertz CT molecular complexity index is 1830. The van der Waals surface area contributed by atoms with Gasteiger partial charge in [0.1, 0.15) is 0 Å². The van der Waals surface area contributed by atoms with E-state index >= 15 is 0 Å². The molecule has 1 N–H and O–H groups in total. The maximum absolute atomic E-state index is 3.53. The SMILES string of the molecule is Cc1ccccc1-n1c2ccccc2c2cc(-c3ccc4[nH]c5ccccc5c4c3)ccc21. The van der Waals surface area contributed by atoms with E-state index in [9.17, 15) is 0 Å². The highest BCUT2D eigenvalue weighted by atomic mass is 15.0. The zero-order valence-corrected chi connectivity index (χ0v) is 18.3. The van der Waals surface area contributed by atoms with Crippen LogP contribution in [0.15, 0.2) is 109 Å². The Kier molecular flexibility index (Phi) is 3.80. The van der Waals surface area contributed by atoms with Gasteiger partial charge in [-0.05, 0) is 66.1 Å². The summed E-state index contributed by atoms with van der Waals surface area (Å²) >= 11 is 0. The van der Waals surface area contributed by atoms with Crippen LogP contribution in [0.2, 0.25) is 0 Å². The average Bonchev–Trinajstić information content (AvgIpc) is 3.39. The second-order valence-electron chi connectivity index (χ2n) is 8.80. The molecule has 0 aliphatic rings. The molecular formula is C31H22N2. The molecule has 0 aliphatic carbocycles. The summed E-state index contributed by atoms with van der Waals surface area (Å²) < 4.78 is 2.40. The number of aromatic nitrogens is 2. The molecule has 33 heavy (non-hydrogen) atoms. The molecule has 2 nitrogen and oxygen atoms in total. The summed E-state index contributed by atoms with van der Waals surface area (Å²) in [6.45, 7) is 2.18. The van der Waals surface area contributed by atoms with Crippen LogP contribution in [0.4, 0.5) is 0 Å². The molecule has 156 valence electrons. The van der Waals surface area contributed by atoms with E-state index in [1.807, 2.05) is 0 Å². The Labute approximate surface area is 191 Å². The topological polar surface area (TPSA) is 20.7 Å². The molecule has 7 aromatic rings. The van der Waals surface area contributed by atoms with Gasteiger partial charge in [-0.2, -0.15) is 0 Å². The first-order valence-electron chi connectivity index (χ1n) is 11.4. The fraction of sp³-hybridized carbons (Fsp3) is 0.0323. The van der Waals surface area contributed by atoms with Gasteiger partial charge in [-0.15, -0.1) is 0 Å². The number of nitrogens with one attached hydrogen (secondary N) is 1. The van der Waals surface area contributed by atoms with Crippen LogP contribution >= 0.6 is 0 Å². The predicted octanol–water partition coefficient (Wildman–Crippen LogP) is 8.39. The lowest BCUT2D eigenvalue weighted by molar-refractivity contribution is 1.15. The molecular weight excluding hydrogens is 400 g/mol. The van der Waals surface area contributed by atoms with Crippen LogP contribution in [0.25, 0.3) is 60.4 Å². The fourth-order valence-electron chi connectivity index (χ4n) is 5.25. The number of nitrogens with zero attached hydrogens (tertiary/aromatic N) is 1. The predicted molar refractivity (Wildman–Crippen MR) is 140 cm³/mol. The molecule has 0 unspecified atom stereocenters. The smallest absolute Gasteiger partial charge is 0.0541 e. The maximum Gasteiger partial charge on any atom is 0.0541 e. The largest absolute Gasteiger partial charge is 0.355 e. The third kappa shape index (κ3) is 2.68. The van der Waals surface area contributed by atoms with E-state index < -0.39 is 0 Å². The van der Waals surface area contributed by atoms with Gasteiger partial charge in [-0.1, -0.05) is 66.7 Å². The van der Waals surface area contributed by atoms with Gasteiger partial charge in [-0.25, -0.2) is 0 Å². The molecule has 0 amide bonds. The van der Waals surface area contributed by atoms with E-state index in [2.05, 4.69) is 126 Å². The molecule has 0 radical (unpaired) electrons. The Morgan fingerprint density at radius 2 is 1.15 bits per heavy atom. The Morgan fingerprint density at radius 3 is 2.03 bits per heavy atom. The molecule has 2 heteroatoms. The molecule has 0 fully saturated rings. The number of hydrogen-bond acceptors (Lipinski definition) is 0. The van der Waals surface area contributed by atoms with Crippen LogP contribution in [0.5, 0.6) is 0 Å². The Balaban J connectivity index is 1.49. The van der Waals surface area contributed by atoms with Crippen molar-refractivity contribution in [1.82, 2.24) is 9.55 Å². The third-order valence-corrected chi connectivity index (χ3v) is 6.87. The minimum Gasteiger partial charge on any atom is -0.355 e. The van der Waals surface area contributed by atoms with Crippen LogP contribution < -0.4 is 0 Å². The second-order valence-corrected chi connectivity index (χ2v) is 8.80. The van der Waals surface area contributed by atoms with Crippen LogP contribution in [0.3, 0.4) is 0 Å². The maximum atomic E-state index is 3.53. The molecule has 0 saturated carbocycles. The van der Waals surface area contributed by atoms with E-state index in [0.29, 0.717) is 0 Å². The summed E-state index contributed by atoms with van der Waals surface area (Å²) in [5.41, 5.74) is 9.82. The third-order valence-electron chi connectivity index (χ3n) is 6.87. The number of hydrogen-bond donors (Lipinski definition) is 1. The second kappa shape index (κ2) is 6.85. The lowest BCUT2D eigenvalue weighted by Gasteiger charge is -2.11. The van der Waals surface area contributed by atoms with E-state index in [-0.39, 0.29) is 0 Å². The van der Waals surface area contributed by atoms with Crippen molar-refractivity contribution in [2.75, 3.05) is 0 Å². The molecule has 7 rings (SSSR count). The number of aryl methyl sites for hydroxylation is 1. The van der Waals surface area contributed by atoms with Gasteiger partial charge in [0.2, 0.25) is 0 Å². The Morgan fingerprint density at radius 1 is 0.515 bits per heavy atom. The van der Waals surface area contributed by atoms with E-state index in [1.54, 1.807) is 0 Å². The number of para-hydroxylation sites is 3. The van der Waals surface area contributed by atoms with E-state index in [0.717, 1.165) is 0 Å². The highest BCUT2D eigenvalue weighted by Crippen LogP contribution is 2.36. The first-order chi connectivity index (χ1) is 16.3. The average molecular weight is 423 g/mol. The van der Waals surface area contributed by atoms with Gasteiger partial charge in [0, 0.05) is 38.3 Å². The number of rotatable bonds is 2. The van der Waals surface area contributed by atoms with Crippen molar-refractivity contribution in [2.24, 2.45) is 0 Å². The monoisotopic (exact) mass is 422 g/mol. The first-order valence-corrected chi connectivity index (χ1v) is 11.4. The quantitative estimate of drug-likeness (QED) is 0.289. The van der Waals surface area contributed by atoms with Crippen LogP contribution in [0.1, 0.15) is 5.56 Å². The van der Waals surface area contributed by atoms with Gasteiger partial charge >= 0.3 is 0 Å². The summed E-state index contributed by atoms with van der Waals surface area (Å²) in [5, 5.41) is 5.10. The van der Waals surface area contributed by atoms with Crippen molar-refractivity contribution in [3.63, 3.8) is 0 Å². The van der Waals surface area contributed by atoms with Crippen LogP contribution in [-0.4, -0.2) is 9.55 Å². The summed E-state index contributed by atoms with van der Waals surface area (Å²) in [4.78, 5) is 3.53. The fourth-order valence-corrected chi connectivity index (χ4v) is 5.25. The van der Waals surface area contributed by atoms with E-state index in [4.69, 9.17) is 0 Å². The van der Waals surface area contributed by atoms with Gasteiger partial charge in [0.25, 0.3) is 0 Å². The van der Waals surface area contributed by atoms with Gasteiger partial charge in [0.05, 0.1) is 11.0 Å². The Hall–Kier alpha value is -4.30. The van der Waals surface area contributed by atoms with Crippen molar-refractivity contribution in [3.8, 4) is 16.8 Å². The molecule has 0 spiro atoms. The highest BCUT2D eigenvalue weighted by Gasteiger charge is 2.14. The first kappa shape index (κ1) is 18.3. The molecule has 2 heterocycles. The minimum atomic E-state index is 1.18. The summed E-state index contributed by atoms with van der Waals surface area (Å²) in [7, 11) is 0. The molecule has 0 bridgehead atoms. The number of benzene rings is 5. The minimum absolute atomic E-state index is 1.18.